The zero-order chi connectivity index (χ0) is 14.2. The summed E-state index contributed by atoms with van der Waals surface area (Å²) in [6.45, 7) is 4.01. The summed E-state index contributed by atoms with van der Waals surface area (Å²) >= 11 is 15.2. The SMILES string of the molecule is CC(C)c1nc(-c2ccc(F)c(Cl)c2)nc(Cl)c1Br. The van der Waals surface area contributed by atoms with Crippen LogP contribution in [-0.4, -0.2) is 9.97 Å². The van der Waals surface area contributed by atoms with Crippen LogP contribution in [0.25, 0.3) is 11.4 Å². The van der Waals surface area contributed by atoms with Crippen LogP contribution < -0.4 is 0 Å². The van der Waals surface area contributed by atoms with Crippen LogP contribution in [-0.2, 0) is 0 Å². The maximum Gasteiger partial charge on any atom is 0.161 e. The van der Waals surface area contributed by atoms with E-state index in [1.54, 1.807) is 6.07 Å². The number of hydrogen-bond acceptors (Lipinski definition) is 2. The average Bonchev–Trinajstić information content (AvgIpc) is 2.35. The highest BCUT2D eigenvalue weighted by atomic mass is 79.9. The summed E-state index contributed by atoms with van der Waals surface area (Å²) in [6.07, 6.45) is 0. The molecule has 0 fully saturated rings. The lowest BCUT2D eigenvalue weighted by Crippen LogP contribution is -2.00. The van der Waals surface area contributed by atoms with Gasteiger partial charge in [-0.3, -0.25) is 0 Å². The summed E-state index contributed by atoms with van der Waals surface area (Å²) in [6, 6.07) is 4.34. The predicted octanol–water partition coefficient (Wildman–Crippen LogP) is 5.48. The Kier molecular flexibility index (Phi) is 4.43. The molecule has 19 heavy (non-hydrogen) atoms. The normalized spacial score (nSPS) is 11.1. The molecule has 0 aliphatic carbocycles. The van der Waals surface area contributed by atoms with E-state index in [0.29, 0.717) is 21.0 Å². The standard InChI is InChI=1S/C13H10BrCl2FN2/c1-6(2)11-10(14)12(16)19-13(18-11)7-3-4-9(17)8(15)5-7/h3-6H,1-2H3. The van der Waals surface area contributed by atoms with Crippen LogP contribution in [0, 0.1) is 5.82 Å². The molecule has 0 saturated carbocycles. The second-order valence-electron chi connectivity index (χ2n) is 4.32. The van der Waals surface area contributed by atoms with Gasteiger partial charge in [-0.2, -0.15) is 0 Å². The van der Waals surface area contributed by atoms with E-state index < -0.39 is 5.82 Å². The molecule has 2 rings (SSSR count). The third-order valence-electron chi connectivity index (χ3n) is 2.56. The molecule has 0 atom stereocenters. The first kappa shape index (κ1) is 14.7. The molecule has 0 aliphatic heterocycles. The van der Waals surface area contributed by atoms with Gasteiger partial charge >= 0.3 is 0 Å². The molecular formula is C13H10BrCl2FN2. The Balaban J connectivity index is 2.59. The van der Waals surface area contributed by atoms with Crippen molar-refractivity contribution in [2.45, 2.75) is 19.8 Å². The van der Waals surface area contributed by atoms with Gasteiger partial charge in [-0.1, -0.05) is 37.0 Å². The van der Waals surface area contributed by atoms with E-state index in [2.05, 4.69) is 25.9 Å². The quantitative estimate of drug-likeness (QED) is 0.660. The lowest BCUT2D eigenvalue weighted by Gasteiger charge is -2.11. The second-order valence-corrected chi connectivity index (χ2v) is 5.88. The minimum absolute atomic E-state index is 0.0336. The zero-order valence-corrected chi connectivity index (χ0v) is 13.3. The summed E-state index contributed by atoms with van der Waals surface area (Å²) < 4.78 is 13.8. The lowest BCUT2D eigenvalue weighted by atomic mass is 10.1. The minimum atomic E-state index is -0.474. The van der Waals surface area contributed by atoms with Gasteiger partial charge in [0.2, 0.25) is 0 Å². The molecule has 1 aromatic carbocycles. The van der Waals surface area contributed by atoms with Gasteiger partial charge in [0, 0.05) is 5.56 Å². The number of hydrogen-bond donors (Lipinski definition) is 0. The monoisotopic (exact) mass is 362 g/mol. The highest BCUT2D eigenvalue weighted by Crippen LogP contribution is 2.31. The van der Waals surface area contributed by atoms with Gasteiger partial charge in [0.05, 0.1) is 15.2 Å². The summed E-state index contributed by atoms with van der Waals surface area (Å²) in [5, 5.41) is 0.361. The largest absolute Gasteiger partial charge is 0.232 e. The Hall–Kier alpha value is -0.710. The number of nitrogens with zero attached hydrogens (tertiary/aromatic N) is 2. The Morgan fingerprint density at radius 3 is 2.47 bits per heavy atom. The van der Waals surface area contributed by atoms with Gasteiger partial charge in [-0.25, -0.2) is 14.4 Å². The van der Waals surface area contributed by atoms with Gasteiger partial charge < -0.3 is 0 Å². The fraction of sp³-hybridized carbons (Fsp3) is 0.231. The Labute approximate surface area is 129 Å². The van der Waals surface area contributed by atoms with Crippen molar-refractivity contribution < 1.29 is 4.39 Å². The molecule has 2 aromatic rings. The first-order chi connectivity index (χ1) is 8.90. The Morgan fingerprint density at radius 2 is 1.89 bits per heavy atom. The molecule has 0 amide bonds. The minimum Gasteiger partial charge on any atom is -0.232 e. The summed E-state index contributed by atoms with van der Waals surface area (Å²) in [4.78, 5) is 8.63. The molecule has 0 N–H and O–H groups in total. The number of rotatable bonds is 2. The molecular weight excluding hydrogens is 354 g/mol. The van der Waals surface area contributed by atoms with E-state index in [9.17, 15) is 4.39 Å². The Morgan fingerprint density at radius 1 is 1.21 bits per heavy atom. The molecule has 2 nitrogen and oxygen atoms in total. The van der Waals surface area contributed by atoms with E-state index in [1.807, 2.05) is 13.8 Å². The van der Waals surface area contributed by atoms with Gasteiger partial charge in [0.1, 0.15) is 11.0 Å². The van der Waals surface area contributed by atoms with E-state index in [4.69, 9.17) is 23.2 Å². The summed E-state index contributed by atoms with van der Waals surface area (Å²) in [5.41, 5.74) is 1.43. The molecule has 0 spiro atoms. The van der Waals surface area contributed by atoms with E-state index >= 15 is 0 Å². The first-order valence-corrected chi connectivity index (χ1v) is 7.13. The van der Waals surface area contributed by atoms with Crippen molar-refractivity contribution in [3.8, 4) is 11.4 Å². The molecule has 1 heterocycles. The first-order valence-electron chi connectivity index (χ1n) is 5.58. The lowest BCUT2D eigenvalue weighted by molar-refractivity contribution is 0.628. The molecule has 0 saturated heterocycles. The molecule has 0 bridgehead atoms. The zero-order valence-electron chi connectivity index (χ0n) is 10.2. The van der Waals surface area contributed by atoms with Crippen molar-refractivity contribution in [2.24, 2.45) is 0 Å². The van der Waals surface area contributed by atoms with Crippen LogP contribution in [0.1, 0.15) is 25.5 Å². The van der Waals surface area contributed by atoms with Crippen molar-refractivity contribution in [3.05, 3.63) is 44.4 Å². The van der Waals surface area contributed by atoms with Crippen molar-refractivity contribution in [3.63, 3.8) is 0 Å². The van der Waals surface area contributed by atoms with Crippen LogP contribution in [0.3, 0.4) is 0 Å². The van der Waals surface area contributed by atoms with E-state index in [1.165, 1.54) is 12.1 Å². The van der Waals surface area contributed by atoms with E-state index in [-0.39, 0.29) is 10.9 Å². The number of benzene rings is 1. The van der Waals surface area contributed by atoms with Crippen LogP contribution in [0.2, 0.25) is 10.2 Å². The van der Waals surface area contributed by atoms with Crippen LogP contribution in [0.5, 0.6) is 0 Å². The topological polar surface area (TPSA) is 25.8 Å². The van der Waals surface area contributed by atoms with Crippen LogP contribution >= 0.6 is 39.1 Å². The van der Waals surface area contributed by atoms with Gasteiger partial charge in [-0.05, 0) is 40.0 Å². The van der Waals surface area contributed by atoms with Crippen molar-refractivity contribution in [1.29, 1.82) is 0 Å². The highest BCUT2D eigenvalue weighted by Gasteiger charge is 2.15. The predicted molar refractivity (Wildman–Crippen MR) is 79.2 cm³/mol. The molecule has 100 valence electrons. The smallest absolute Gasteiger partial charge is 0.161 e. The maximum absolute atomic E-state index is 13.2. The molecule has 6 heteroatoms. The third-order valence-corrected chi connectivity index (χ3v) is 4.13. The van der Waals surface area contributed by atoms with Gasteiger partial charge in [0.15, 0.2) is 5.82 Å². The summed E-state index contributed by atoms with van der Waals surface area (Å²) in [7, 11) is 0. The van der Waals surface area contributed by atoms with Crippen molar-refractivity contribution in [2.75, 3.05) is 0 Å². The molecule has 0 unspecified atom stereocenters. The van der Waals surface area contributed by atoms with Crippen molar-refractivity contribution >= 4 is 39.1 Å². The fourth-order valence-electron chi connectivity index (χ4n) is 1.58. The number of halogens is 4. The molecule has 1 aromatic heterocycles. The maximum atomic E-state index is 13.2. The van der Waals surface area contributed by atoms with Gasteiger partial charge in [0.25, 0.3) is 0 Å². The summed E-state index contributed by atoms with van der Waals surface area (Å²) in [5.74, 6) is 0.140. The van der Waals surface area contributed by atoms with Crippen molar-refractivity contribution in [1.82, 2.24) is 9.97 Å². The fourth-order valence-corrected chi connectivity index (χ4v) is 2.58. The van der Waals surface area contributed by atoms with Crippen LogP contribution in [0.15, 0.2) is 22.7 Å². The number of aromatic nitrogens is 2. The van der Waals surface area contributed by atoms with E-state index in [0.717, 1.165) is 5.69 Å². The molecule has 0 aliphatic rings. The highest BCUT2D eigenvalue weighted by molar-refractivity contribution is 9.10. The Bertz CT molecular complexity index is 632. The van der Waals surface area contributed by atoms with Crippen LogP contribution in [0.4, 0.5) is 4.39 Å². The average molecular weight is 364 g/mol. The van der Waals surface area contributed by atoms with Gasteiger partial charge in [-0.15, -0.1) is 0 Å². The third kappa shape index (κ3) is 3.07. The second kappa shape index (κ2) is 5.73. The molecule has 0 radical (unpaired) electrons.